The molecular weight excluding hydrogens is 345 g/mol. The van der Waals surface area contributed by atoms with Crippen molar-refractivity contribution in [2.45, 2.75) is 12.9 Å². The van der Waals surface area contributed by atoms with Crippen LogP contribution in [-0.4, -0.2) is 11.3 Å². The first-order chi connectivity index (χ1) is 6.83. The predicted molar refractivity (Wildman–Crippen MR) is 54.2 cm³/mol. The SMILES string of the molecule is NCc1cc(Br)c(OC(F)(F)F)c(Br)n1. The third-order valence-electron chi connectivity index (χ3n) is 1.37. The second kappa shape index (κ2) is 4.67. The number of hydrogen-bond donors (Lipinski definition) is 1. The van der Waals surface area contributed by atoms with Gasteiger partial charge >= 0.3 is 6.36 Å². The topological polar surface area (TPSA) is 48.1 Å². The number of nitrogens with two attached hydrogens (primary N) is 1. The van der Waals surface area contributed by atoms with E-state index in [0.29, 0.717) is 5.69 Å². The summed E-state index contributed by atoms with van der Waals surface area (Å²) < 4.78 is 39.8. The minimum Gasteiger partial charge on any atom is -0.402 e. The molecule has 0 aliphatic heterocycles. The van der Waals surface area contributed by atoms with Crippen molar-refractivity contribution in [2.75, 3.05) is 0 Å². The normalized spacial score (nSPS) is 11.6. The molecule has 0 fully saturated rings. The van der Waals surface area contributed by atoms with E-state index in [4.69, 9.17) is 5.73 Å². The first-order valence-corrected chi connectivity index (χ1v) is 5.23. The number of alkyl halides is 3. The molecule has 0 saturated heterocycles. The molecule has 2 N–H and O–H groups in total. The van der Waals surface area contributed by atoms with Gasteiger partial charge in [-0.15, -0.1) is 13.2 Å². The van der Waals surface area contributed by atoms with Crippen LogP contribution >= 0.6 is 31.9 Å². The zero-order chi connectivity index (χ0) is 11.6. The van der Waals surface area contributed by atoms with Gasteiger partial charge in [0.1, 0.15) is 4.60 Å². The highest BCUT2D eigenvalue weighted by molar-refractivity contribution is 9.11. The first-order valence-electron chi connectivity index (χ1n) is 3.64. The second-order valence-electron chi connectivity index (χ2n) is 2.47. The molecule has 0 aromatic carbocycles. The van der Waals surface area contributed by atoms with Crippen LogP contribution in [0.3, 0.4) is 0 Å². The fraction of sp³-hybridized carbons (Fsp3) is 0.286. The van der Waals surface area contributed by atoms with E-state index in [1.807, 2.05) is 0 Å². The maximum atomic E-state index is 12.0. The summed E-state index contributed by atoms with van der Waals surface area (Å²) in [6, 6.07) is 1.37. The summed E-state index contributed by atoms with van der Waals surface area (Å²) in [5.74, 6) is -0.417. The van der Waals surface area contributed by atoms with E-state index in [2.05, 4.69) is 41.6 Å². The first kappa shape index (κ1) is 12.7. The van der Waals surface area contributed by atoms with Crippen molar-refractivity contribution in [1.29, 1.82) is 0 Å². The summed E-state index contributed by atoms with van der Waals surface area (Å²) in [4.78, 5) is 3.77. The van der Waals surface area contributed by atoms with Gasteiger partial charge in [0.2, 0.25) is 0 Å². The Kier molecular flexibility index (Phi) is 3.96. The summed E-state index contributed by atoms with van der Waals surface area (Å²) in [6.45, 7) is 0.128. The lowest BCUT2D eigenvalue weighted by Crippen LogP contribution is -2.18. The van der Waals surface area contributed by atoms with Crippen LogP contribution < -0.4 is 10.5 Å². The molecule has 1 rings (SSSR count). The third kappa shape index (κ3) is 3.62. The number of aromatic nitrogens is 1. The number of pyridine rings is 1. The fourth-order valence-electron chi connectivity index (χ4n) is 0.831. The van der Waals surface area contributed by atoms with Crippen molar-refractivity contribution in [1.82, 2.24) is 4.98 Å². The van der Waals surface area contributed by atoms with Crippen LogP contribution in [0.25, 0.3) is 0 Å². The van der Waals surface area contributed by atoms with Crippen molar-refractivity contribution >= 4 is 31.9 Å². The average molecular weight is 350 g/mol. The number of hydrogen-bond acceptors (Lipinski definition) is 3. The molecule has 0 atom stereocenters. The quantitative estimate of drug-likeness (QED) is 0.835. The highest BCUT2D eigenvalue weighted by Crippen LogP contribution is 2.36. The summed E-state index contributed by atoms with van der Waals surface area (Å²) >= 11 is 5.81. The lowest BCUT2D eigenvalue weighted by molar-refractivity contribution is -0.275. The highest BCUT2D eigenvalue weighted by atomic mass is 79.9. The molecule has 0 saturated carbocycles. The molecule has 1 aromatic heterocycles. The largest absolute Gasteiger partial charge is 0.573 e. The molecule has 1 aromatic rings. The molecule has 0 amide bonds. The zero-order valence-corrected chi connectivity index (χ0v) is 10.3. The number of rotatable bonds is 2. The van der Waals surface area contributed by atoms with E-state index < -0.39 is 12.1 Å². The van der Waals surface area contributed by atoms with Crippen molar-refractivity contribution in [3.63, 3.8) is 0 Å². The van der Waals surface area contributed by atoms with E-state index in [0.717, 1.165) is 0 Å². The van der Waals surface area contributed by atoms with Crippen LogP contribution in [0.4, 0.5) is 13.2 Å². The van der Waals surface area contributed by atoms with Gasteiger partial charge in [-0.1, -0.05) is 0 Å². The molecule has 0 spiro atoms. The van der Waals surface area contributed by atoms with Crippen LogP contribution in [0.1, 0.15) is 5.69 Å². The van der Waals surface area contributed by atoms with E-state index >= 15 is 0 Å². The molecule has 0 aliphatic rings. The van der Waals surface area contributed by atoms with Crippen LogP contribution in [0.2, 0.25) is 0 Å². The average Bonchev–Trinajstić information content (AvgIpc) is 2.09. The summed E-state index contributed by atoms with van der Waals surface area (Å²) in [5.41, 5.74) is 5.75. The van der Waals surface area contributed by atoms with E-state index in [1.165, 1.54) is 6.07 Å². The zero-order valence-electron chi connectivity index (χ0n) is 7.11. The molecule has 0 radical (unpaired) electrons. The molecule has 84 valence electrons. The minimum atomic E-state index is -4.75. The lowest BCUT2D eigenvalue weighted by Gasteiger charge is -2.12. The Hall–Kier alpha value is -0.340. The molecule has 8 heteroatoms. The molecule has 15 heavy (non-hydrogen) atoms. The van der Waals surface area contributed by atoms with Gasteiger partial charge in [-0.05, 0) is 37.9 Å². The van der Waals surface area contributed by atoms with E-state index in [9.17, 15) is 13.2 Å². The summed E-state index contributed by atoms with van der Waals surface area (Å²) in [5, 5.41) is 0. The van der Waals surface area contributed by atoms with Gasteiger partial charge in [0.05, 0.1) is 10.2 Å². The van der Waals surface area contributed by atoms with Crippen molar-refractivity contribution in [2.24, 2.45) is 5.73 Å². The van der Waals surface area contributed by atoms with Gasteiger partial charge in [0.25, 0.3) is 0 Å². The third-order valence-corrected chi connectivity index (χ3v) is 2.49. The van der Waals surface area contributed by atoms with Crippen molar-refractivity contribution < 1.29 is 17.9 Å². The van der Waals surface area contributed by atoms with Gasteiger partial charge in [-0.25, -0.2) is 4.98 Å². The smallest absolute Gasteiger partial charge is 0.402 e. The second-order valence-corrected chi connectivity index (χ2v) is 4.07. The Morgan fingerprint density at radius 1 is 1.40 bits per heavy atom. The minimum absolute atomic E-state index is 0.0466. The maximum absolute atomic E-state index is 12.0. The fourth-order valence-corrected chi connectivity index (χ4v) is 2.15. The Morgan fingerprint density at radius 2 is 2.00 bits per heavy atom. The lowest BCUT2D eigenvalue weighted by atomic mass is 10.3. The predicted octanol–water partition coefficient (Wildman–Crippen LogP) is 2.96. The van der Waals surface area contributed by atoms with Gasteiger partial charge in [0.15, 0.2) is 5.75 Å². The van der Waals surface area contributed by atoms with Crippen LogP contribution in [-0.2, 0) is 6.54 Å². The molecule has 0 aliphatic carbocycles. The Labute approximate surface area is 100 Å². The standard InChI is InChI=1S/C7H5Br2F3N2O/c8-4-1-3(2-13)14-6(9)5(4)15-7(10,11)12/h1H,2,13H2. The number of nitrogens with zero attached hydrogens (tertiary/aromatic N) is 1. The molecular formula is C7H5Br2F3N2O. The van der Waals surface area contributed by atoms with Gasteiger partial charge in [-0.2, -0.15) is 0 Å². The summed E-state index contributed by atoms with van der Waals surface area (Å²) in [6.07, 6.45) is -4.75. The molecule has 3 nitrogen and oxygen atoms in total. The highest BCUT2D eigenvalue weighted by Gasteiger charge is 2.33. The molecule has 0 unspecified atom stereocenters. The number of ether oxygens (including phenoxy) is 1. The Balaban J connectivity index is 3.09. The monoisotopic (exact) mass is 348 g/mol. The Bertz CT molecular complexity index is 347. The van der Waals surface area contributed by atoms with E-state index in [1.54, 1.807) is 0 Å². The van der Waals surface area contributed by atoms with Gasteiger partial charge in [0, 0.05) is 6.54 Å². The van der Waals surface area contributed by atoms with Crippen molar-refractivity contribution in [3.05, 3.63) is 20.8 Å². The summed E-state index contributed by atoms with van der Waals surface area (Å²) in [7, 11) is 0. The van der Waals surface area contributed by atoms with Gasteiger partial charge in [-0.3, -0.25) is 0 Å². The maximum Gasteiger partial charge on any atom is 0.573 e. The number of halogens is 5. The van der Waals surface area contributed by atoms with Gasteiger partial charge < -0.3 is 10.5 Å². The van der Waals surface area contributed by atoms with Crippen LogP contribution in [0.5, 0.6) is 5.75 Å². The van der Waals surface area contributed by atoms with Crippen molar-refractivity contribution in [3.8, 4) is 5.75 Å². The molecule has 0 bridgehead atoms. The Morgan fingerprint density at radius 3 is 2.40 bits per heavy atom. The molecule has 1 heterocycles. The van der Waals surface area contributed by atoms with Crippen LogP contribution in [0.15, 0.2) is 15.1 Å². The van der Waals surface area contributed by atoms with Crippen LogP contribution in [0, 0.1) is 0 Å². The van der Waals surface area contributed by atoms with E-state index in [-0.39, 0.29) is 15.6 Å².